The molecule has 1 aliphatic heterocycles. The molecule has 1 saturated carbocycles. The largest absolute Gasteiger partial charge is 0.493 e. The maximum Gasteiger partial charge on any atom is 0.317 e. The van der Waals surface area contributed by atoms with E-state index < -0.39 is 0 Å². The number of nitrogens with zero attached hydrogens (tertiary/aromatic N) is 1. The molecule has 0 unspecified atom stereocenters. The minimum Gasteiger partial charge on any atom is -0.493 e. The number of nitrogens with one attached hydrogen (secondary N) is 2. The predicted molar refractivity (Wildman–Crippen MR) is 116 cm³/mol. The van der Waals surface area contributed by atoms with E-state index in [1.807, 2.05) is 23.1 Å². The second-order valence-electron chi connectivity index (χ2n) is 8.30. The van der Waals surface area contributed by atoms with Gasteiger partial charge >= 0.3 is 6.03 Å². The van der Waals surface area contributed by atoms with E-state index in [4.69, 9.17) is 9.47 Å². The Bertz CT molecular complexity index is 718. The van der Waals surface area contributed by atoms with Crippen molar-refractivity contribution in [2.24, 2.45) is 5.92 Å². The van der Waals surface area contributed by atoms with Crippen molar-refractivity contribution in [3.05, 3.63) is 23.8 Å². The fourth-order valence-electron chi connectivity index (χ4n) is 4.40. The van der Waals surface area contributed by atoms with Crippen molar-refractivity contribution in [2.75, 3.05) is 33.9 Å². The number of urea groups is 1. The van der Waals surface area contributed by atoms with Gasteiger partial charge in [-0.15, -0.1) is 0 Å². The lowest BCUT2D eigenvalue weighted by atomic mass is 9.95. The third-order valence-corrected chi connectivity index (χ3v) is 6.17. The van der Waals surface area contributed by atoms with Gasteiger partial charge in [-0.2, -0.15) is 0 Å². The van der Waals surface area contributed by atoms with E-state index >= 15 is 0 Å². The molecule has 0 bridgehead atoms. The van der Waals surface area contributed by atoms with Gasteiger partial charge in [0.05, 0.1) is 20.1 Å². The number of likely N-dealkylation sites (tertiary alicyclic amines) is 1. The zero-order chi connectivity index (χ0) is 21.3. The van der Waals surface area contributed by atoms with E-state index in [2.05, 4.69) is 10.6 Å². The normalized spacial score (nSPS) is 19.8. The molecule has 1 aromatic carbocycles. The summed E-state index contributed by atoms with van der Waals surface area (Å²) in [5.74, 6) is 1.28. The molecule has 1 aliphatic carbocycles. The van der Waals surface area contributed by atoms with E-state index in [-0.39, 0.29) is 17.9 Å². The third kappa shape index (κ3) is 6.03. The summed E-state index contributed by atoms with van der Waals surface area (Å²) in [7, 11) is 3.23. The summed E-state index contributed by atoms with van der Waals surface area (Å²) >= 11 is 0. The minimum atomic E-state index is -0.138. The van der Waals surface area contributed by atoms with Gasteiger partial charge in [0.25, 0.3) is 0 Å². The number of methoxy groups -OCH3 is 2. The van der Waals surface area contributed by atoms with Crippen LogP contribution < -0.4 is 20.1 Å². The van der Waals surface area contributed by atoms with E-state index in [9.17, 15) is 9.59 Å². The van der Waals surface area contributed by atoms with Crippen molar-refractivity contribution in [3.8, 4) is 11.5 Å². The first-order valence-corrected chi connectivity index (χ1v) is 11.1. The molecular formula is C23H35N3O4. The standard InChI is InChI=1S/C23H35N3O4/c1-29-20-11-10-17(15-21(20)30-2)12-13-24-22(27)18-7-6-14-26(16-18)23(28)25-19-8-4-3-5-9-19/h10-11,15,18-19H,3-9,12-14,16H2,1-2H3,(H,24,27)(H,25,28)/t18-/m1/s1. The van der Waals surface area contributed by atoms with Crippen molar-refractivity contribution >= 4 is 11.9 Å². The van der Waals surface area contributed by atoms with Crippen LogP contribution in [-0.2, 0) is 11.2 Å². The molecule has 7 nitrogen and oxygen atoms in total. The molecular weight excluding hydrogens is 382 g/mol. The Kier molecular flexibility index (Phi) is 8.22. The van der Waals surface area contributed by atoms with Crippen LogP contribution in [0.2, 0.25) is 0 Å². The van der Waals surface area contributed by atoms with Crippen molar-refractivity contribution in [1.82, 2.24) is 15.5 Å². The van der Waals surface area contributed by atoms with Gasteiger partial charge in [0.1, 0.15) is 0 Å². The van der Waals surface area contributed by atoms with Crippen LogP contribution in [-0.4, -0.2) is 56.7 Å². The van der Waals surface area contributed by atoms with Crippen LogP contribution in [0.25, 0.3) is 0 Å². The van der Waals surface area contributed by atoms with Gasteiger partial charge in [-0.1, -0.05) is 25.3 Å². The van der Waals surface area contributed by atoms with Crippen LogP contribution in [0.15, 0.2) is 18.2 Å². The smallest absolute Gasteiger partial charge is 0.317 e. The second kappa shape index (κ2) is 11.1. The molecule has 166 valence electrons. The number of benzene rings is 1. The molecule has 2 N–H and O–H groups in total. The van der Waals surface area contributed by atoms with Crippen molar-refractivity contribution < 1.29 is 19.1 Å². The Labute approximate surface area is 179 Å². The molecule has 0 radical (unpaired) electrons. The molecule has 2 fully saturated rings. The van der Waals surface area contributed by atoms with E-state index in [1.165, 1.54) is 19.3 Å². The molecule has 0 aromatic heterocycles. The van der Waals surface area contributed by atoms with Crippen molar-refractivity contribution in [3.63, 3.8) is 0 Å². The zero-order valence-corrected chi connectivity index (χ0v) is 18.2. The maximum absolute atomic E-state index is 12.7. The van der Waals surface area contributed by atoms with Crippen LogP contribution in [0.4, 0.5) is 4.79 Å². The number of rotatable bonds is 7. The van der Waals surface area contributed by atoms with Crippen molar-refractivity contribution in [1.29, 1.82) is 0 Å². The summed E-state index contributed by atoms with van der Waals surface area (Å²) in [6.45, 7) is 1.79. The highest BCUT2D eigenvalue weighted by molar-refractivity contribution is 5.81. The molecule has 0 spiro atoms. The average molecular weight is 418 g/mol. The number of amides is 3. The van der Waals surface area contributed by atoms with Gasteiger partial charge in [0.2, 0.25) is 5.91 Å². The van der Waals surface area contributed by atoms with E-state index in [0.717, 1.165) is 37.8 Å². The number of carbonyl (C=O) groups is 2. The Morgan fingerprint density at radius 1 is 1.03 bits per heavy atom. The van der Waals surface area contributed by atoms with Crippen LogP contribution in [0.3, 0.4) is 0 Å². The van der Waals surface area contributed by atoms with Crippen LogP contribution in [0, 0.1) is 5.92 Å². The Balaban J connectivity index is 1.44. The zero-order valence-electron chi connectivity index (χ0n) is 18.2. The first-order chi connectivity index (χ1) is 14.6. The molecule has 1 atom stereocenters. The summed E-state index contributed by atoms with van der Waals surface area (Å²) < 4.78 is 10.6. The highest BCUT2D eigenvalue weighted by atomic mass is 16.5. The highest BCUT2D eigenvalue weighted by Gasteiger charge is 2.29. The molecule has 3 amide bonds. The number of carbonyl (C=O) groups excluding carboxylic acids is 2. The van der Waals surface area contributed by atoms with Crippen LogP contribution >= 0.6 is 0 Å². The monoisotopic (exact) mass is 417 g/mol. The summed E-state index contributed by atoms with van der Waals surface area (Å²) in [5.41, 5.74) is 1.07. The number of hydrogen-bond acceptors (Lipinski definition) is 4. The predicted octanol–water partition coefficient (Wildman–Crippen LogP) is 3.12. The molecule has 1 aromatic rings. The Hall–Kier alpha value is -2.44. The van der Waals surface area contributed by atoms with Crippen LogP contribution in [0.5, 0.6) is 11.5 Å². The lowest BCUT2D eigenvalue weighted by Gasteiger charge is -2.34. The van der Waals surface area contributed by atoms with Gasteiger partial charge in [0.15, 0.2) is 11.5 Å². The number of ether oxygens (including phenoxy) is 2. The van der Waals surface area contributed by atoms with Gasteiger partial charge in [-0.25, -0.2) is 4.79 Å². The molecule has 30 heavy (non-hydrogen) atoms. The minimum absolute atomic E-state index is 0.00951. The fraction of sp³-hybridized carbons (Fsp3) is 0.652. The molecule has 1 heterocycles. The van der Waals surface area contributed by atoms with Crippen molar-refractivity contribution in [2.45, 2.75) is 57.4 Å². The van der Waals surface area contributed by atoms with Gasteiger partial charge in [-0.3, -0.25) is 4.79 Å². The topological polar surface area (TPSA) is 79.9 Å². The van der Waals surface area contributed by atoms with Gasteiger partial charge in [-0.05, 0) is 49.8 Å². The lowest BCUT2D eigenvalue weighted by Crippen LogP contribution is -2.51. The lowest BCUT2D eigenvalue weighted by molar-refractivity contribution is -0.126. The summed E-state index contributed by atoms with van der Waals surface area (Å²) in [5, 5.41) is 6.20. The summed E-state index contributed by atoms with van der Waals surface area (Å²) in [4.78, 5) is 27.1. The molecule has 3 rings (SSSR count). The first-order valence-electron chi connectivity index (χ1n) is 11.1. The van der Waals surface area contributed by atoms with Gasteiger partial charge in [0, 0.05) is 25.7 Å². The molecule has 1 saturated heterocycles. The number of hydrogen-bond donors (Lipinski definition) is 2. The molecule has 2 aliphatic rings. The fourth-order valence-corrected chi connectivity index (χ4v) is 4.40. The molecule has 7 heteroatoms. The second-order valence-corrected chi connectivity index (χ2v) is 8.30. The Morgan fingerprint density at radius 3 is 2.53 bits per heavy atom. The Morgan fingerprint density at radius 2 is 1.80 bits per heavy atom. The van der Waals surface area contributed by atoms with E-state index in [0.29, 0.717) is 37.1 Å². The van der Waals surface area contributed by atoms with E-state index in [1.54, 1.807) is 14.2 Å². The first kappa shape index (κ1) is 22.2. The average Bonchev–Trinajstić information content (AvgIpc) is 2.79. The SMILES string of the molecule is COc1ccc(CCNC(=O)[C@@H]2CCCN(C(=O)NC3CCCCC3)C2)cc1OC. The van der Waals surface area contributed by atoms with Crippen LogP contribution in [0.1, 0.15) is 50.5 Å². The summed E-state index contributed by atoms with van der Waals surface area (Å²) in [6.07, 6.45) is 8.19. The summed E-state index contributed by atoms with van der Waals surface area (Å²) in [6, 6.07) is 6.07. The maximum atomic E-state index is 12.7. The highest BCUT2D eigenvalue weighted by Crippen LogP contribution is 2.27. The number of piperidine rings is 1. The quantitative estimate of drug-likeness (QED) is 0.714. The van der Waals surface area contributed by atoms with Gasteiger partial charge < -0.3 is 25.0 Å². The third-order valence-electron chi connectivity index (χ3n) is 6.17.